The predicted molar refractivity (Wildman–Crippen MR) is 103 cm³/mol. The van der Waals surface area contributed by atoms with Crippen LogP contribution in [-0.2, 0) is 4.79 Å². The highest BCUT2D eigenvalue weighted by Gasteiger charge is 2.04. The Labute approximate surface area is 148 Å². The third-order valence-electron chi connectivity index (χ3n) is 3.72. The number of rotatable bonds is 8. The number of carbonyl (C=O) groups excluding carboxylic acids is 2. The lowest BCUT2D eigenvalue weighted by atomic mass is 10.1. The third-order valence-corrected chi connectivity index (χ3v) is 3.72. The Bertz CT molecular complexity index is 669. The number of benzene rings is 2. The summed E-state index contributed by atoms with van der Waals surface area (Å²) in [6.07, 6.45) is 4.87. The van der Waals surface area contributed by atoms with E-state index >= 15 is 0 Å². The SMILES string of the molecule is CCCCCCC(=O)Nc1ccc(NC(=O)Nc2ccccc2)cc1. The fraction of sp³-hybridized carbons (Fsp3) is 0.300. The summed E-state index contributed by atoms with van der Waals surface area (Å²) in [5.41, 5.74) is 2.12. The molecule has 2 aromatic rings. The Balaban J connectivity index is 1.77. The van der Waals surface area contributed by atoms with Crippen LogP contribution >= 0.6 is 0 Å². The molecule has 0 bridgehead atoms. The van der Waals surface area contributed by atoms with E-state index < -0.39 is 0 Å². The zero-order chi connectivity index (χ0) is 17.9. The summed E-state index contributed by atoms with van der Waals surface area (Å²) >= 11 is 0. The quantitative estimate of drug-likeness (QED) is 0.576. The fourth-order valence-electron chi connectivity index (χ4n) is 2.39. The molecule has 132 valence electrons. The number of unbranched alkanes of at least 4 members (excludes halogenated alkanes) is 3. The fourth-order valence-corrected chi connectivity index (χ4v) is 2.39. The van der Waals surface area contributed by atoms with Gasteiger partial charge in [-0.1, -0.05) is 44.4 Å². The Hall–Kier alpha value is -2.82. The first-order chi connectivity index (χ1) is 12.2. The van der Waals surface area contributed by atoms with Crippen LogP contribution in [0.3, 0.4) is 0 Å². The summed E-state index contributed by atoms with van der Waals surface area (Å²) in [6.45, 7) is 2.15. The normalized spacial score (nSPS) is 10.1. The minimum absolute atomic E-state index is 0.0265. The minimum atomic E-state index is -0.307. The van der Waals surface area contributed by atoms with Crippen LogP contribution in [0, 0.1) is 0 Å². The Morgan fingerprint density at radius 1 is 0.720 bits per heavy atom. The number of nitrogens with one attached hydrogen (secondary N) is 3. The van der Waals surface area contributed by atoms with E-state index in [0.29, 0.717) is 12.1 Å². The molecule has 0 aliphatic heterocycles. The van der Waals surface area contributed by atoms with Crippen LogP contribution in [0.25, 0.3) is 0 Å². The second-order valence-corrected chi connectivity index (χ2v) is 5.88. The van der Waals surface area contributed by atoms with Crippen molar-refractivity contribution in [2.24, 2.45) is 0 Å². The molecule has 0 aliphatic carbocycles. The van der Waals surface area contributed by atoms with Gasteiger partial charge in [0.1, 0.15) is 0 Å². The van der Waals surface area contributed by atoms with E-state index in [2.05, 4.69) is 22.9 Å². The highest BCUT2D eigenvalue weighted by molar-refractivity contribution is 6.00. The Kier molecular flexibility index (Phi) is 7.50. The van der Waals surface area contributed by atoms with Crippen LogP contribution in [0.5, 0.6) is 0 Å². The van der Waals surface area contributed by atoms with E-state index in [-0.39, 0.29) is 11.9 Å². The first-order valence-electron chi connectivity index (χ1n) is 8.70. The van der Waals surface area contributed by atoms with Crippen molar-refractivity contribution in [1.82, 2.24) is 0 Å². The molecule has 0 saturated carbocycles. The monoisotopic (exact) mass is 339 g/mol. The molecule has 5 heteroatoms. The maximum Gasteiger partial charge on any atom is 0.323 e. The zero-order valence-corrected chi connectivity index (χ0v) is 14.5. The molecule has 0 saturated heterocycles. The van der Waals surface area contributed by atoms with E-state index in [1.807, 2.05) is 30.3 Å². The molecule has 2 rings (SSSR count). The van der Waals surface area contributed by atoms with Gasteiger partial charge in [-0.3, -0.25) is 4.79 Å². The van der Waals surface area contributed by atoms with E-state index in [1.54, 1.807) is 24.3 Å². The summed E-state index contributed by atoms with van der Waals surface area (Å²) in [5.74, 6) is 0.0265. The van der Waals surface area contributed by atoms with Gasteiger partial charge in [0.2, 0.25) is 5.91 Å². The number of para-hydroxylation sites is 1. The molecule has 0 radical (unpaired) electrons. The summed E-state index contributed by atoms with van der Waals surface area (Å²) < 4.78 is 0. The number of anilines is 3. The number of urea groups is 1. The van der Waals surface area contributed by atoms with Crippen LogP contribution in [0.15, 0.2) is 54.6 Å². The molecule has 0 aromatic heterocycles. The predicted octanol–water partition coefficient (Wildman–Crippen LogP) is 5.24. The second kappa shape index (κ2) is 10.1. The molecule has 2 aromatic carbocycles. The van der Waals surface area contributed by atoms with Crippen molar-refractivity contribution in [2.75, 3.05) is 16.0 Å². The number of hydrogen-bond donors (Lipinski definition) is 3. The molecular weight excluding hydrogens is 314 g/mol. The van der Waals surface area contributed by atoms with E-state index in [9.17, 15) is 9.59 Å². The van der Waals surface area contributed by atoms with Crippen molar-refractivity contribution in [2.45, 2.75) is 39.0 Å². The van der Waals surface area contributed by atoms with Gasteiger partial charge in [0.15, 0.2) is 0 Å². The summed E-state index contributed by atoms with van der Waals surface area (Å²) in [6, 6.07) is 16.0. The van der Waals surface area contributed by atoms with Gasteiger partial charge < -0.3 is 16.0 Å². The first-order valence-corrected chi connectivity index (χ1v) is 8.70. The standard InChI is InChI=1S/C20H25N3O2/c1-2-3-4-8-11-19(24)21-17-12-14-18(15-13-17)23-20(25)22-16-9-6-5-7-10-16/h5-7,9-10,12-15H,2-4,8,11H2,1H3,(H,21,24)(H2,22,23,25). The molecule has 0 atom stereocenters. The van der Waals surface area contributed by atoms with E-state index in [4.69, 9.17) is 0 Å². The van der Waals surface area contributed by atoms with Crippen molar-refractivity contribution in [3.63, 3.8) is 0 Å². The Morgan fingerprint density at radius 3 is 1.88 bits per heavy atom. The minimum Gasteiger partial charge on any atom is -0.326 e. The topological polar surface area (TPSA) is 70.2 Å². The van der Waals surface area contributed by atoms with Crippen molar-refractivity contribution in [1.29, 1.82) is 0 Å². The van der Waals surface area contributed by atoms with Crippen LogP contribution in [0.4, 0.5) is 21.9 Å². The summed E-state index contributed by atoms with van der Waals surface area (Å²) in [4.78, 5) is 23.8. The van der Waals surface area contributed by atoms with Gasteiger partial charge in [0.25, 0.3) is 0 Å². The van der Waals surface area contributed by atoms with Crippen molar-refractivity contribution in [3.8, 4) is 0 Å². The maximum atomic E-state index is 11.9. The van der Waals surface area contributed by atoms with Gasteiger partial charge in [0.05, 0.1) is 0 Å². The molecule has 0 unspecified atom stereocenters. The van der Waals surface area contributed by atoms with Gasteiger partial charge in [-0.05, 0) is 42.8 Å². The van der Waals surface area contributed by atoms with Crippen molar-refractivity contribution < 1.29 is 9.59 Å². The number of hydrogen-bond acceptors (Lipinski definition) is 2. The molecule has 3 amide bonds. The van der Waals surface area contributed by atoms with E-state index in [0.717, 1.165) is 30.6 Å². The third kappa shape index (κ3) is 7.08. The molecular formula is C20H25N3O2. The molecule has 0 fully saturated rings. The maximum absolute atomic E-state index is 11.9. The highest BCUT2D eigenvalue weighted by Crippen LogP contribution is 2.15. The molecule has 0 spiro atoms. The molecule has 25 heavy (non-hydrogen) atoms. The van der Waals surface area contributed by atoms with E-state index in [1.165, 1.54) is 6.42 Å². The van der Waals surface area contributed by atoms with Crippen LogP contribution in [0.1, 0.15) is 39.0 Å². The molecule has 0 aliphatic rings. The van der Waals surface area contributed by atoms with Gasteiger partial charge in [-0.15, -0.1) is 0 Å². The lowest BCUT2D eigenvalue weighted by Crippen LogP contribution is -2.19. The number of amides is 3. The second-order valence-electron chi connectivity index (χ2n) is 5.88. The average molecular weight is 339 g/mol. The molecule has 3 N–H and O–H groups in total. The lowest BCUT2D eigenvalue weighted by Gasteiger charge is -2.09. The highest BCUT2D eigenvalue weighted by atomic mass is 16.2. The lowest BCUT2D eigenvalue weighted by molar-refractivity contribution is -0.116. The Morgan fingerprint density at radius 2 is 1.28 bits per heavy atom. The van der Waals surface area contributed by atoms with Crippen molar-refractivity contribution >= 4 is 29.0 Å². The number of carbonyl (C=O) groups is 2. The largest absolute Gasteiger partial charge is 0.326 e. The van der Waals surface area contributed by atoms with Gasteiger partial charge in [-0.2, -0.15) is 0 Å². The smallest absolute Gasteiger partial charge is 0.323 e. The van der Waals surface area contributed by atoms with Crippen LogP contribution < -0.4 is 16.0 Å². The van der Waals surface area contributed by atoms with Crippen LogP contribution in [0.2, 0.25) is 0 Å². The van der Waals surface area contributed by atoms with Gasteiger partial charge in [-0.25, -0.2) is 4.79 Å². The summed E-state index contributed by atoms with van der Waals surface area (Å²) in [7, 11) is 0. The van der Waals surface area contributed by atoms with Crippen molar-refractivity contribution in [3.05, 3.63) is 54.6 Å². The first kappa shape index (κ1) is 18.5. The van der Waals surface area contributed by atoms with Gasteiger partial charge >= 0.3 is 6.03 Å². The summed E-state index contributed by atoms with van der Waals surface area (Å²) in [5, 5.41) is 8.38. The molecule has 5 nitrogen and oxygen atoms in total. The average Bonchev–Trinajstić information content (AvgIpc) is 2.61. The van der Waals surface area contributed by atoms with Crippen LogP contribution in [-0.4, -0.2) is 11.9 Å². The molecule has 0 heterocycles. The zero-order valence-electron chi connectivity index (χ0n) is 14.5. The van der Waals surface area contributed by atoms with Gasteiger partial charge in [0, 0.05) is 23.5 Å².